The lowest BCUT2D eigenvalue weighted by Crippen LogP contribution is -2.28. The van der Waals surface area contributed by atoms with Crippen LogP contribution in [0.5, 0.6) is 0 Å². The third kappa shape index (κ3) is 2.49. The second-order valence-corrected chi connectivity index (χ2v) is 2.11. The maximum absolute atomic E-state index is 12.7. The number of halogens is 1. The lowest BCUT2D eigenvalue weighted by Gasteiger charge is -2.09. The van der Waals surface area contributed by atoms with Crippen molar-refractivity contribution in [2.45, 2.75) is 25.9 Å². The molecule has 10 heavy (non-hydrogen) atoms. The monoisotopic (exact) mass is 144 g/mol. The van der Waals surface area contributed by atoms with Crippen molar-refractivity contribution in [3.05, 3.63) is 0 Å². The van der Waals surface area contributed by atoms with E-state index in [4.69, 9.17) is 5.11 Å². The summed E-state index contributed by atoms with van der Waals surface area (Å²) in [6.07, 6.45) is -0.251. The summed E-state index contributed by atoms with van der Waals surface area (Å²) in [5.41, 5.74) is -2.21. The van der Waals surface area contributed by atoms with Crippen molar-refractivity contribution < 1.29 is 14.3 Å². The minimum atomic E-state index is -2.21. The zero-order chi connectivity index (χ0) is 8.20. The van der Waals surface area contributed by atoms with Crippen molar-refractivity contribution >= 4 is 5.97 Å². The zero-order valence-corrected chi connectivity index (χ0v) is 5.94. The van der Waals surface area contributed by atoms with E-state index in [9.17, 15) is 9.18 Å². The van der Waals surface area contributed by atoms with Crippen molar-refractivity contribution in [2.24, 2.45) is 0 Å². The van der Waals surface area contributed by atoms with Crippen molar-refractivity contribution in [1.82, 2.24) is 0 Å². The number of carbonyl (C=O) groups is 1. The molecule has 0 heterocycles. The Morgan fingerprint density at radius 3 is 2.60 bits per heavy atom. The van der Waals surface area contributed by atoms with E-state index in [2.05, 4.69) is 11.8 Å². The van der Waals surface area contributed by atoms with Gasteiger partial charge in [-0.2, -0.15) is 0 Å². The molecule has 0 aromatic rings. The topological polar surface area (TPSA) is 37.3 Å². The number of aliphatic carboxylic acids is 1. The molecular weight excluding hydrogens is 135 g/mol. The number of carboxylic acid groups (broad SMARTS) is 1. The molecule has 0 saturated carbocycles. The van der Waals surface area contributed by atoms with Crippen LogP contribution in [0.3, 0.4) is 0 Å². The number of carboxylic acids is 1. The number of hydrogen-bond acceptors (Lipinski definition) is 1. The summed E-state index contributed by atoms with van der Waals surface area (Å²) in [5.74, 6) is 3.33. The Morgan fingerprint density at radius 2 is 2.30 bits per heavy atom. The fourth-order valence-corrected chi connectivity index (χ4v) is 0.330. The average Bonchev–Trinajstić information content (AvgIpc) is 1.84. The molecule has 0 aromatic carbocycles. The van der Waals surface area contributed by atoms with Crippen LogP contribution in [-0.4, -0.2) is 16.7 Å². The Bertz CT molecular complexity index is 186. The van der Waals surface area contributed by atoms with E-state index >= 15 is 0 Å². The van der Waals surface area contributed by atoms with Crippen molar-refractivity contribution in [3.8, 4) is 11.8 Å². The summed E-state index contributed by atoms with van der Waals surface area (Å²) in [6, 6.07) is 0. The third-order valence-corrected chi connectivity index (χ3v) is 1.04. The standard InChI is InChI=1S/C7H9FO2/c1-3-4-5-7(2,8)6(9)10/h5H2,1-2H3,(H,9,10). The van der Waals surface area contributed by atoms with Crippen LogP contribution in [0, 0.1) is 11.8 Å². The van der Waals surface area contributed by atoms with Gasteiger partial charge in [-0.1, -0.05) is 5.92 Å². The van der Waals surface area contributed by atoms with Crippen LogP contribution in [0.25, 0.3) is 0 Å². The molecule has 0 rings (SSSR count). The second-order valence-electron chi connectivity index (χ2n) is 2.11. The number of alkyl halides is 1. The van der Waals surface area contributed by atoms with Gasteiger partial charge in [-0.3, -0.25) is 0 Å². The largest absolute Gasteiger partial charge is 0.479 e. The van der Waals surface area contributed by atoms with E-state index in [0.29, 0.717) is 0 Å². The van der Waals surface area contributed by atoms with E-state index in [0.717, 1.165) is 6.92 Å². The minimum absolute atomic E-state index is 0.251. The maximum Gasteiger partial charge on any atom is 0.342 e. The minimum Gasteiger partial charge on any atom is -0.479 e. The molecule has 1 N–H and O–H groups in total. The van der Waals surface area contributed by atoms with Gasteiger partial charge in [0.15, 0.2) is 0 Å². The third-order valence-electron chi connectivity index (χ3n) is 1.04. The molecule has 1 atom stereocenters. The molecule has 0 amide bonds. The van der Waals surface area contributed by atoms with Crippen LogP contribution in [0.1, 0.15) is 20.3 Å². The van der Waals surface area contributed by atoms with E-state index in [1.807, 2.05) is 0 Å². The summed E-state index contributed by atoms with van der Waals surface area (Å²) in [7, 11) is 0. The molecule has 0 aliphatic heterocycles. The zero-order valence-electron chi connectivity index (χ0n) is 5.94. The van der Waals surface area contributed by atoms with Crippen molar-refractivity contribution in [2.75, 3.05) is 0 Å². The summed E-state index contributed by atoms with van der Waals surface area (Å²) in [6.45, 7) is 2.54. The molecule has 0 fully saturated rings. The molecule has 1 unspecified atom stereocenters. The molecule has 56 valence electrons. The molecule has 0 aliphatic rings. The van der Waals surface area contributed by atoms with Crippen LogP contribution >= 0.6 is 0 Å². The first-order valence-corrected chi connectivity index (χ1v) is 2.82. The van der Waals surface area contributed by atoms with Crippen LogP contribution in [0.2, 0.25) is 0 Å². The lowest BCUT2D eigenvalue weighted by molar-refractivity contribution is -0.149. The lowest BCUT2D eigenvalue weighted by atomic mass is 10.1. The van der Waals surface area contributed by atoms with Crippen molar-refractivity contribution in [1.29, 1.82) is 0 Å². The number of hydrogen-bond donors (Lipinski definition) is 1. The molecule has 0 radical (unpaired) electrons. The van der Waals surface area contributed by atoms with Gasteiger partial charge in [0.25, 0.3) is 0 Å². The van der Waals surface area contributed by atoms with E-state index in [-0.39, 0.29) is 6.42 Å². The highest BCUT2D eigenvalue weighted by atomic mass is 19.1. The van der Waals surface area contributed by atoms with Crippen LogP contribution < -0.4 is 0 Å². The van der Waals surface area contributed by atoms with Crippen LogP contribution in [-0.2, 0) is 4.79 Å². The van der Waals surface area contributed by atoms with Gasteiger partial charge in [0, 0.05) is 0 Å². The summed E-state index contributed by atoms with van der Waals surface area (Å²) >= 11 is 0. The Kier molecular flexibility index (Phi) is 2.88. The van der Waals surface area contributed by atoms with E-state index < -0.39 is 11.6 Å². The first kappa shape index (κ1) is 8.96. The van der Waals surface area contributed by atoms with Gasteiger partial charge in [-0.15, -0.1) is 5.92 Å². The van der Waals surface area contributed by atoms with Gasteiger partial charge in [0.1, 0.15) is 0 Å². The van der Waals surface area contributed by atoms with Gasteiger partial charge in [0.05, 0.1) is 6.42 Å². The second kappa shape index (κ2) is 3.21. The average molecular weight is 144 g/mol. The number of rotatable bonds is 2. The van der Waals surface area contributed by atoms with Gasteiger partial charge in [-0.05, 0) is 13.8 Å². The fourth-order valence-electron chi connectivity index (χ4n) is 0.330. The summed E-state index contributed by atoms with van der Waals surface area (Å²) in [5, 5.41) is 8.23. The predicted molar refractivity (Wildman–Crippen MR) is 35.2 cm³/mol. The van der Waals surface area contributed by atoms with Gasteiger partial charge in [0.2, 0.25) is 5.67 Å². The fraction of sp³-hybridized carbons (Fsp3) is 0.571. The molecule has 0 aromatic heterocycles. The molecule has 0 saturated heterocycles. The van der Waals surface area contributed by atoms with Gasteiger partial charge in [-0.25, -0.2) is 9.18 Å². The Morgan fingerprint density at radius 1 is 1.80 bits per heavy atom. The molecule has 3 heteroatoms. The molecule has 2 nitrogen and oxygen atoms in total. The SMILES string of the molecule is CC#CCC(C)(F)C(=O)O. The maximum atomic E-state index is 12.7. The predicted octanol–water partition coefficient (Wildman–Crippen LogP) is 1.21. The summed E-state index contributed by atoms with van der Waals surface area (Å²) < 4.78 is 12.7. The Balaban J connectivity index is 4.08. The van der Waals surface area contributed by atoms with E-state index in [1.54, 1.807) is 0 Å². The highest BCUT2D eigenvalue weighted by molar-refractivity contribution is 5.77. The van der Waals surface area contributed by atoms with Crippen LogP contribution in [0.4, 0.5) is 4.39 Å². The van der Waals surface area contributed by atoms with Crippen LogP contribution in [0.15, 0.2) is 0 Å². The van der Waals surface area contributed by atoms with Gasteiger partial charge >= 0.3 is 5.97 Å². The van der Waals surface area contributed by atoms with Gasteiger partial charge < -0.3 is 5.11 Å². The highest BCUT2D eigenvalue weighted by Gasteiger charge is 2.31. The Labute approximate surface area is 59.0 Å². The molecule has 0 aliphatic carbocycles. The highest BCUT2D eigenvalue weighted by Crippen LogP contribution is 2.13. The van der Waals surface area contributed by atoms with E-state index in [1.165, 1.54) is 6.92 Å². The molecule has 0 spiro atoms. The quantitative estimate of drug-likeness (QED) is 0.591. The van der Waals surface area contributed by atoms with Crippen molar-refractivity contribution in [3.63, 3.8) is 0 Å². The Hall–Kier alpha value is -1.04. The first-order chi connectivity index (χ1) is 4.50. The molecule has 0 bridgehead atoms. The smallest absolute Gasteiger partial charge is 0.342 e. The first-order valence-electron chi connectivity index (χ1n) is 2.82. The molecular formula is C7H9FO2. The normalized spacial score (nSPS) is 14.7. The summed E-state index contributed by atoms with van der Waals surface area (Å²) in [4.78, 5) is 10.1.